The van der Waals surface area contributed by atoms with E-state index in [0.717, 1.165) is 36.2 Å². The van der Waals surface area contributed by atoms with Gasteiger partial charge in [-0.2, -0.15) is 13.2 Å². The quantitative estimate of drug-likeness (QED) is 0.853. The number of hydrogen-bond acceptors (Lipinski definition) is 1. The van der Waals surface area contributed by atoms with Gasteiger partial charge in [0.25, 0.3) is 0 Å². The van der Waals surface area contributed by atoms with Gasteiger partial charge in [-0.25, -0.2) is 0 Å². The summed E-state index contributed by atoms with van der Waals surface area (Å²) >= 11 is 0. The summed E-state index contributed by atoms with van der Waals surface area (Å²) in [6.07, 6.45) is -2.71. The van der Waals surface area contributed by atoms with E-state index < -0.39 is 11.7 Å². The maximum Gasteiger partial charge on any atom is 0.416 e. The monoisotopic (exact) mass is 242 g/mol. The molecule has 0 saturated heterocycles. The molecule has 2 nitrogen and oxygen atoms in total. The van der Waals surface area contributed by atoms with Crippen LogP contribution in [0.15, 0.2) is 24.3 Å². The van der Waals surface area contributed by atoms with Crippen molar-refractivity contribution in [2.45, 2.75) is 19.0 Å². The molecule has 0 fully saturated rings. The van der Waals surface area contributed by atoms with Gasteiger partial charge in [0, 0.05) is 16.6 Å². The maximum atomic E-state index is 12.5. The highest BCUT2D eigenvalue weighted by Crippen LogP contribution is 2.31. The number of fused-ring (bicyclic) bond motifs is 1. The zero-order valence-corrected chi connectivity index (χ0v) is 9.14. The number of nitrogens with two attached hydrogens (primary N) is 1. The van der Waals surface area contributed by atoms with Gasteiger partial charge in [-0.3, -0.25) is 0 Å². The molecule has 0 aliphatic carbocycles. The van der Waals surface area contributed by atoms with Crippen LogP contribution in [-0.2, 0) is 12.6 Å². The zero-order valence-electron chi connectivity index (χ0n) is 9.14. The van der Waals surface area contributed by atoms with Crippen LogP contribution in [0, 0.1) is 0 Å². The van der Waals surface area contributed by atoms with Gasteiger partial charge in [-0.1, -0.05) is 0 Å². The second kappa shape index (κ2) is 4.41. The van der Waals surface area contributed by atoms with Crippen LogP contribution in [0.3, 0.4) is 0 Å². The molecule has 2 aromatic rings. The van der Waals surface area contributed by atoms with Crippen LogP contribution in [0.2, 0.25) is 0 Å². The third kappa shape index (κ3) is 2.61. The first kappa shape index (κ1) is 12.0. The molecule has 17 heavy (non-hydrogen) atoms. The van der Waals surface area contributed by atoms with Crippen molar-refractivity contribution < 1.29 is 13.2 Å². The summed E-state index contributed by atoms with van der Waals surface area (Å²) in [5.41, 5.74) is 6.42. The number of benzene rings is 1. The molecule has 5 heteroatoms. The van der Waals surface area contributed by atoms with E-state index >= 15 is 0 Å². The summed E-state index contributed by atoms with van der Waals surface area (Å²) < 4.78 is 37.5. The van der Waals surface area contributed by atoms with E-state index in [4.69, 9.17) is 5.73 Å². The molecule has 92 valence electrons. The molecule has 1 aromatic heterocycles. The molecular weight excluding hydrogens is 229 g/mol. The highest BCUT2D eigenvalue weighted by molar-refractivity contribution is 5.81. The summed E-state index contributed by atoms with van der Waals surface area (Å²) in [5, 5.41) is 0.590. The average Bonchev–Trinajstić information content (AvgIpc) is 2.66. The normalized spacial score (nSPS) is 12.2. The molecule has 0 bridgehead atoms. The van der Waals surface area contributed by atoms with Crippen LogP contribution in [0.5, 0.6) is 0 Å². The van der Waals surface area contributed by atoms with E-state index in [1.54, 1.807) is 6.07 Å². The number of H-pyrrole nitrogens is 1. The van der Waals surface area contributed by atoms with Crippen LogP contribution in [0.1, 0.15) is 17.7 Å². The predicted octanol–water partition coefficient (Wildman–Crippen LogP) is 3.08. The molecule has 0 amide bonds. The van der Waals surface area contributed by atoms with Crippen LogP contribution in [0.4, 0.5) is 13.2 Å². The maximum absolute atomic E-state index is 12.5. The Morgan fingerprint density at radius 1 is 1.18 bits per heavy atom. The van der Waals surface area contributed by atoms with Crippen molar-refractivity contribution in [1.29, 1.82) is 0 Å². The number of aromatic amines is 1. The van der Waals surface area contributed by atoms with Gasteiger partial charge >= 0.3 is 6.18 Å². The van der Waals surface area contributed by atoms with Gasteiger partial charge < -0.3 is 10.7 Å². The van der Waals surface area contributed by atoms with E-state index in [2.05, 4.69) is 4.98 Å². The Morgan fingerprint density at radius 3 is 2.59 bits per heavy atom. The van der Waals surface area contributed by atoms with Crippen LogP contribution in [-0.4, -0.2) is 11.5 Å². The Kier molecular flexibility index (Phi) is 3.11. The van der Waals surface area contributed by atoms with Crippen LogP contribution < -0.4 is 5.73 Å². The van der Waals surface area contributed by atoms with Crippen molar-refractivity contribution in [2.24, 2.45) is 5.73 Å². The van der Waals surface area contributed by atoms with E-state index in [1.165, 1.54) is 6.07 Å². The number of rotatable bonds is 3. The Hall–Kier alpha value is -1.49. The number of aryl methyl sites for hydroxylation is 1. The summed E-state index contributed by atoms with van der Waals surface area (Å²) in [4.78, 5) is 3.09. The first-order chi connectivity index (χ1) is 8.00. The smallest absolute Gasteiger partial charge is 0.358 e. The lowest BCUT2D eigenvalue weighted by Crippen LogP contribution is -2.03. The summed E-state index contributed by atoms with van der Waals surface area (Å²) in [7, 11) is 0. The zero-order chi connectivity index (χ0) is 12.5. The second-order valence-electron chi connectivity index (χ2n) is 3.99. The van der Waals surface area contributed by atoms with Crippen molar-refractivity contribution in [2.75, 3.05) is 6.54 Å². The third-order valence-electron chi connectivity index (χ3n) is 2.65. The second-order valence-corrected chi connectivity index (χ2v) is 3.99. The molecule has 2 rings (SSSR count). The standard InChI is InChI=1S/C12H13F3N2/c13-12(14,15)9-3-4-11-8(6-9)7-10(17-11)2-1-5-16/h3-4,6-7,17H,1-2,5,16H2. The lowest BCUT2D eigenvalue weighted by atomic mass is 10.1. The molecule has 3 N–H and O–H groups in total. The third-order valence-corrected chi connectivity index (χ3v) is 2.65. The van der Waals surface area contributed by atoms with E-state index in [9.17, 15) is 13.2 Å². The molecular formula is C12H13F3N2. The molecule has 0 atom stereocenters. The molecule has 0 aliphatic rings. The minimum atomic E-state index is -4.29. The number of aromatic nitrogens is 1. The molecule has 0 saturated carbocycles. The fourth-order valence-corrected chi connectivity index (χ4v) is 1.80. The SMILES string of the molecule is NCCCc1cc2cc(C(F)(F)F)ccc2[nH]1. The predicted molar refractivity (Wildman–Crippen MR) is 60.7 cm³/mol. The Morgan fingerprint density at radius 2 is 1.94 bits per heavy atom. The summed E-state index contributed by atoms with van der Waals surface area (Å²) in [5.74, 6) is 0. The highest BCUT2D eigenvalue weighted by Gasteiger charge is 2.30. The van der Waals surface area contributed by atoms with Gasteiger partial charge in [-0.05, 0) is 43.7 Å². The molecule has 1 heterocycles. The van der Waals surface area contributed by atoms with E-state index in [1.807, 2.05) is 0 Å². The van der Waals surface area contributed by atoms with E-state index in [-0.39, 0.29) is 0 Å². The lowest BCUT2D eigenvalue weighted by Gasteiger charge is -2.05. The fraction of sp³-hybridized carbons (Fsp3) is 0.333. The van der Waals surface area contributed by atoms with Crippen molar-refractivity contribution in [1.82, 2.24) is 4.98 Å². The molecule has 0 spiro atoms. The number of alkyl halides is 3. The summed E-state index contributed by atoms with van der Waals surface area (Å²) in [6.45, 7) is 0.573. The number of hydrogen-bond donors (Lipinski definition) is 2. The van der Waals surface area contributed by atoms with Gasteiger partial charge in [0.1, 0.15) is 0 Å². The van der Waals surface area contributed by atoms with Crippen molar-refractivity contribution in [3.63, 3.8) is 0 Å². The first-order valence-electron chi connectivity index (χ1n) is 5.39. The topological polar surface area (TPSA) is 41.8 Å². The average molecular weight is 242 g/mol. The minimum absolute atomic E-state index is 0.573. The molecule has 0 radical (unpaired) electrons. The van der Waals surface area contributed by atoms with Crippen molar-refractivity contribution in [3.05, 3.63) is 35.5 Å². The van der Waals surface area contributed by atoms with Crippen molar-refractivity contribution in [3.8, 4) is 0 Å². The van der Waals surface area contributed by atoms with E-state index in [0.29, 0.717) is 11.9 Å². The van der Waals surface area contributed by atoms with Gasteiger partial charge in [0.2, 0.25) is 0 Å². The van der Waals surface area contributed by atoms with Gasteiger partial charge in [-0.15, -0.1) is 0 Å². The minimum Gasteiger partial charge on any atom is -0.358 e. The molecule has 0 aliphatic heterocycles. The largest absolute Gasteiger partial charge is 0.416 e. The van der Waals surface area contributed by atoms with Gasteiger partial charge in [0.05, 0.1) is 5.56 Å². The van der Waals surface area contributed by atoms with Crippen LogP contribution >= 0.6 is 0 Å². The first-order valence-corrected chi connectivity index (χ1v) is 5.39. The summed E-state index contributed by atoms with van der Waals surface area (Å²) in [6, 6.07) is 5.47. The number of halogens is 3. The van der Waals surface area contributed by atoms with Gasteiger partial charge in [0.15, 0.2) is 0 Å². The Bertz CT molecular complexity index is 514. The van der Waals surface area contributed by atoms with Crippen molar-refractivity contribution >= 4 is 10.9 Å². The highest BCUT2D eigenvalue weighted by atomic mass is 19.4. The Labute approximate surface area is 96.6 Å². The number of nitrogens with one attached hydrogen (secondary N) is 1. The Balaban J connectivity index is 2.34. The van der Waals surface area contributed by atoms with Crippen LogP contribution in [0.25, 0.3) is 10.9 Å². The fourth-order valence-electron chi connectivity index (χ4n) is 1.80. The molecule has 0 unspecified atom stereocenters. The lowest BCUT2D eigenvalue weighted by molar-refractivity contribution is -0.137. The molecule has 1 aromatic carbocycles.